The van der Waals surface area contributed by atoms with Crippen LogP contribution in [0.1, 0.15) is 56.8 Å². The zero-order valence-electron chi connectivity index (χ0n) is 13.1. The van der Waals surface area contributed by atoms with Crippen LogP contribution >= 0.6 is 0 Å². The fraction of sp³-hybridized carbons (Fsp3) is 0.588. The summed E-state index contributed by atoms with van der Waals surface area (Å²) in [5.74, 6) is 0. The highest BCUT2D eigenvalue weighted by Crippen LogP contribution is 2.19. The monoisotopic (exact) mass is 286 g/mol. The Bertz CT molecular complexity index is 561. The van der Waals surface area contributed by atoms with E-state index in [-0.39, 0.29) is 0 Å². The van der Waals surface area contributed by atoms with Gasteiger partial charge in [0, 0.05) is 31.2 Å². The first-order chi connectivity index (χ1) is 10.3. The summed E-state index contributed by atoms with van der Waals surface area (Å²) >= 11 is 0. The molecule has 1 N–H and O–H groups in total. The molecule has 21 heavy (non-hydrogen) atoms. The van der Waals surface area contributed by atoms with Gasteiger partial charge in [-0.2, -0.15) is 5.10 Å². The molecule has 3 rings (SSSR count). The molecule has 0 aliphatic heterocycles. The Morgan fingerprint density at radius 2 is 2.05 bits per heavy atom. The van der Waals surface area contributed by atoms with E-state index in [1.807, 2.05) is 0 Å². The largest absolute Gasteiger partial charge is 0.348 e. The highest BCUT2D eigenvalue weighted by molar-refractivity contribution is 5.12. The van der Waals surface area contributed by atoms with Gasteiger partial charge >= 0.3 is 0 Å². The molecular formula is C17H26N4. The van der Waals surface area contributed by atoms with Crippen LogP contribution in [0.4, 0.5) is 0 Å². The molecule has 4 heteroatoms. The SMILES string of the molecule is CCC(CC)n1ccc(Cn2ccc(CNC3CC3)c2)n1. The second kappa shape index (κ2) is 6.48. The number of nitrogens with one attached hydrogen (secondary N) is 1. The lowest BCUT2D eigenvalue weighted by Gasteiger charge is -2.12. The van der Waals surface area contributed by atoms with Crippen LogP contribution in [0.25, 0.3) is 0 Å². The Morgan fingerprint density at radius 3 is 2.76 bits per heavy atom. The van der Waals surface area contributed by atoms with E-state index in [0.717, 1.165) is 37.7 Å². The van der Waals surface area contributed by atoms with Crippen LogP contribution in [0.15, 0.2) is 30.7 Å². The summed E-state index contributed by atoms with van der Waals surface area (Å²) < 4.78 is 4.35. The second-order valence-corrected chi connectivity index (χ2v) is 6.10. The molecule has 4 nitrogen and oxygen atoms in total. The predicted octanol–water partition coefficient (Wildman–Crippen LogP) is 3.35. The molecule has 0 bridgehead atoms. The lowest BCUT2D eigenvalue weighted by Crippen LogP contribution is -2.14. The third-order valence-electron chi connectivity index (χ3n) is 4.31. The van der Waals surface area contributed by atoms with Crippen molar-refractivity contribution in [2.24, 2.45) is 0 Å². The third-order valence-corrected chi connectivity index (χ3v) is 4.31. The fourth-order valence-electron chi connectivity index (χ4n) is 2.76. The summed E-state index contributed by atoms with van der Waals surface area (Å²) in [5, 5.41) is 8.27. The molecule has 2 aromatic heterocycles. The van der Waals surface area contributed by atoms with Gasteiger partial charge in [-0.3, -0.25) is 4.68 Å². The standard InChI is InChI=1S/C17H26N4/c1-3-17(4-2)21-10-8-16(19-21)13-20-9-7-14(12-20)11-18-15-5-6-15/h7-10,12,15,17-18H,3-6,11,13H2,1-2H3. The molecule has 0 amide bonds. The quantitative estimate of drug-likeness (QED) is 0.807. The second-order valence-electron chi connectivity index (χ2n) is 6.10. The van der Waals surface area contributed by atoms with Crippen molar-refractivity contribution in [3.05, 3.63) is 42.0 Å². The summed E-state index contributed by atoms with van der Waals surface area (Å²) in [6.07, 6.45) is 11.5. The minimum absolute atomic E-state index is 0.529. The van der Waals surface area contributed by atoms with Crippen LogP contribution in [0.2, 0.25) is 0 Å². The Labute approximate surface area is 127 Å². The number of hydrogen-bond donors (Lipinski definition) is 1. The topological polar surface area (TPSA) is 34.8 Å². The maximum atomic E-state index is 4.72. The summed E-state index contributed by atoms with van der Waals surface area (Å²) in [5.41, 5.74) is 2.50. The minimum Gasteiger partial charge on any atom is -0.348 e. The van der Waals surface area contributed by atoms with Crippen LogP contribution in [-0.4, -0.2) is 20.4 Å². The van der Waals surface area contributed by atoms with Crippen molar-refractivity contribution in [3.63, 3.8) is 0 Å². The lowest BCUT2D eigenvalue weighted by atomic mass is 10.2. The zero-order valence-corrected chi connectivity index (χ0v) is 13.1. The average molecular weight is 286 g/mol. The molecule has 1 fully saturated rings. The number of rotatable bonds is 8. The van der Waals surface area contributed by atoms with E-state index < -0.39 is 0 Å². The van der Waals surface area contributed by atoms with E-state index >= 15 is 0 Å². The van der Waals surface area contributed by atoms with Gasteiger partial charge in [0.25, 0.3) is 0 Å². The first-order valence-corrected chi connectivity index (χ1v) is 8.20. The van der Waals surface area contributed by atoms with E-state index in [4.69, 9.17) is 5.10 Å². The summed E-state index contributed by atoms with van der Waals surface area (Å²) in [4.78, 5) is 0. The van der Waals surface area contributed by atoms with Crippen molar-refractivity contribution in [3.8, 4) is 0 Å². The van der Waals surface area contributed by atoms with Crippen molar-refractivity contribution in [2.45, 2.75) is 64.7 Å². The van der Waals surface area contributed by atoms with Crippen molar-refractivity contribution in [1.29, 1.82) is 0 Å². The van der Waals surface area contributed by atoms with Crippen molar-refractivity contribution in [2.75, 3.05) is 0 Å². The molecule has 0 radical (unpaired) electrons. The molecule has 0 aromatic carbocycles. The molecule has 1 saturated carbocycles. The summed E-state index contributed by atoms with van der Waals surface area (Å²) in [6.45, 7) is 6.29. The maximum Gasteiger partial charge on any atom is 0.0821 e. The van der Waals surface area contributed by atoms with Gasteiger partial charge in [-0.05, 0) is 43.4 Å². The first kappa shape index (κ1) is 14.4. The summed E-state index contributed by atoms with van der Waals surface area (Å²) in [6, 6.07) is 5.64. The highest BCUT2D eigenvalue weighted by atomic mass is 15.3. The van der Waals surface area contributed by atoms with Crippen molar-refractivity contribution < 1.29 is 0 Å². The van der Waals surface area contributed by atoms with Gasteiger partial charge in [0.2, 0.25) is 0 Å². The van der Waals surface area contributed by atoms with Crippen LogP contribution < -0.4 is 5.32 Å². The molecular weight excluding hydrogens is 260 g/mol. The van der Waals surface area contributed by atoms with E-state index in [2.05, 4.69) is 59.1 Å². The molecule has 114 valence electrons. The van der Waals surface area contributed by atoms with Gasteiger partial charge in [-0.25, -0.2) is 0 Å². The van der Waals surface area contributed by atoms with Gasteiger partial charge in [-0.1, -0.05) is 13.8 Å². The first-order valence-electron chi connectivity index (χ1n) is 8.20. The Kier molecular flexibility index (Phi) is 4.44. The molecule has 1 aliphatic carbocycles. The Balaban J connectivity index is 1.58. The van der Waals surface area contributed by atoms with Crippen LogP contribution in [-0.2, 0) is 13.1 Å². The average Bonchev–Trinajstić information content (AvgIpc) is 3.04. The normalized spacial score (nSPS) is 15.0. The molecule has 2 aromatic rings. The number of nitrogens with zero attached hydrogens (tertiary/aromatic N) is 3. The maximum absolute atomic E-state index is 4.72. The van der Waals surface area contributed by atoms with Crippen LogP contribution in [0, 0.1) is 0 Å². The van der Waals surface area contributed by atoms with E-state index in [9.17, 15) is 0 Å². The van der Waals surface area contributed by atoms with Crippen LogP contribution in [0.5, 0.6) is 0 Å². The fourth-order valence-corrected chi connectivity index (χ4v) is 2.76. The summed E-state index contributed by atoms with van der Waals surface area (Å²) in [7, 11) is 0. The Morgan fingerprint density at radius 1 is 1.24 bits per heavy atom. The molecule has 0 saturated heterocycles. The van der Waals surface area contributed by atoms with Crippen molar-refractivity contribution in [1.82, 2.24) is 19.7 Å². The van der Waals surface area contributed by atoms with Gasteiger partial charge in [0.05, 0.1) is 18.3 Å². The molecule has 2 heterocycles. The predicted molar refractivity (Wildman–Crippen MR) is 85.2 cm³/mol. The van der Waals surface area contributed by atoms with Crippen molar-refractivity contribution >= 4 is 0 Å². The number of aromatic nitrogens is 3. The Hall–Kier alpha value is -1.55. The smallest absolute Gasteiger partial charge is 0.0821 e. The molecule has 0 spiro atoms. The third kappa shape index (κ3) is 3.76. The zero-order chi connectivity index (χ0) is 14.7. The van der Waals surface area contributed by atoms with Gasteiger partial charge in [0.1, 0.15) is 0 Å². The molecule has 1 aliphatic rings. The van der Waals surface area contributed by atoms with E-state index in [1.165, 1.54) is 18.4 Å². The van der Waals surface area contributed by atoms with Gasteiger partial charge in [-0.15, -0.1) is 0 Å². The highest BCUT2D eigenvalue weighted by Gasteiger charge is 2.20. The van der Waals surface area contributed by atoms with Gasteiger partial charge < -0.3 is 9.88 Å². The molecule has 0 unspecified atom stereocenters. The molecule has 0 atom stereocenters. The lowest BCUT2D eigenvalue weighted by molar-refractivity contribution is 0.424. The van der Waals surface area contributed by atoms with E-state index in [0.29, 0.717) is 6.04 Å². The van der Waals surface area contributed by atoms with E-state index in [1.54, 1.807) is 0 Å². The minimum atomic E-state index is 0.529. The van der Waals surface area contributed by atoms with Crippen LogP contribution in [0.3, 0.4) is 0 Å². The van der Waals surface area contributed by atoms with Gasteiger partial charge in [0.15, 0.2) is 0 Å². The number of hydrogen-bond acceptors (Lipinski definition) is 2.